The Labute approximate surface area is 164 Å². The van der Waals surface area contributed by atoms with Gasteiger partial charge in [0.05, 0.1) is 10.6 Å². The van der Waals surface area contributed by atoms with E-state index >= 15 is 0 Å². The van der Waals surface area contributed by atoms with Gasteiger partial charge < -0.3 is 10.4 Å². The number of carboxylic acids is 1. The van der Waals surface area contributed by atoms with Crippen molar-refractivity contribution in [2.75, 3.05) is 10.0 Å². The van der Waals surface area contributed by atoms with Gasteiger partial charge in [0.25, 0.3) is 10.0 Å². The van der Waals surface area contributed by atoms with Crippen LogP contribution in [0.3, 0.4) is 0 Å². The van der Waals surface area contributed by atoms with Crippen molar-refractivity contribution in [2.45, 2.75) is 38.5 Å². The van der Waals surface area contributed by atoms with E-state index in [4.69, 9.17) is 5.11 Å². The van der Waals surface area contributed by atoms with Crippen molar-refractivity contribution in [3.8, 4) is 0 Å². The van der Waals surface area contributed by atoms with Crippen molar-refractivity contribution in [3.05, 3.63) is 54.1 Å². The third-order valence-electron chi connectivity index (χ3n) is 3.92. The molecule has 0 saturated heterocycles. The molecule has 7 nitrogen and oxygen atoms in total. The lowest BCUT2D eigenvalue weighted by molar-refractivity contribution is -0.137. The van der Waals surface area contributed by atoms with Gasteiger partial charge in [-0.1, -0.05) is 39.0 Å². The molecule has 2 aromatic carbocycles. The molecule has 0 saturated carbocycles. The van der Waals surface area contributed by atoms with Gasteiger partial charge in [0, 0.05) is 17.5 Å². The fraction of sp³-hybridized carbons (Fsp3) is 0.300. The van der Waals surface area contributed by atoms with Crippen LogP contribution in [0.1, 0.15) is 32.8 Å². The molecule has 0 aliphatic carbocycles. The standard InChI is InChI=1S/C20H24N2O5S/c1-20(2,3)19(25)21-15-5-4-6-16(13-15)22-28(26,27)17-10-7-14(8-11-17)9-12-18(23)24/h4-8,10-11,13,22H,9,12H2,1-3H3,(H,21,25)(H,23,24). The number of hydrogen-bond acceptors (Lipinski definition) is 4. The third-order valence-corrected chi connectivity index (χ3v) is 5.31. The molecule has 0 aliphatic rings. The summed E-state index contributed by atoms with van der Waals surface area (Å²) in [6.07, 6.45) is 0.316. The first kappa shape index (κ1) is 21.4. The van der Waals surface area contributed by atoms with Crippen molar-refractivity contribution in [3.63, 3.8) is 0 Å². The van der Waals surface area contributed by atoms with Crippen molar-refractivity contribution in [1.82, 2.24) is 0 Å². The monoisotopic (exact) mass is 404 g/mol. The number of amides is 1. The zero-order chi connectivity index (χ0) is 20.9. The second kappa shape index (κ2) is 8.43. The Morgan fingerprint density at radius 1 is 1.00 bits per heavy atom. The molecule has 28 heavy (non-hydrogen) atoms. The van der Waals surface area contributed by atoms with Crippen molar-refractivity contribution < 1.29 is 23.1 Å². The van der Waals surface area contributed by atoms with Gasteiger partial charge >= 0.3 is 5.97 Å². The lowest BCUT2D eigenvalue weighted by Crippen LogP contribution is -2.27. The number of rotatable bonds is 7. The summed E-state index contributed by atoms with van der Waals surface area (Å²) in [5, 5.41) is 11.5. The highest BCUT2D eigenvalue weighted by molar-refractivity contribution is 7.92. The topological polar surface area (TPSA) is 113 Å². The molecule has 0 aromatic heterocycles. The first-order valence-electron chi connectivity index (χ1n) is 8.72. The predicted octanol–water partition coefficient (Wildman–Crippen LogP) is 3.49. The van der Waals surface area contributed by atoms with Crippen LogP contribution in [-0.4, -0.2) is 25.4 Å². The Hall–Kier alpha value is -2.87. The van der Waals surface area contributed by atoms with E-state index in [2.05, 4.69) is 10.0 Å². The molecule has 2 aromatic rings. The smallest absolute Gasteiger partial charge is 0.303 e. The van der Waals surface area contributed by atoms with Gasteiger partial charge in [-0.15, -0.1) is 0 Å². The minimum absolute atomic E-state index is 0.0164. The predicted molar refractivity (Wildman–Crippen MR) is 108 cm³/mol. The highest BCUT2D eigenvalue weighted by Gasteiger charge is 2.21. The normalized spacial score (nSPS) is 11.7. The number of nitrogens with one attached hydrogen (secondary N) is 2. The van der Waals surface area contributed by atoms with E-state index in [-0.39, 0.29) is 17.2 Å². The largest absolute Gasteiger partial charge is 0.481 e. The molecule has 1 amide bonds. The zero-order valence-electron chi connectivity index (χ0n) is 16.0. The average Bonchev–Trinajstić information content (AvgIpc) is 2.59. The van der Waals surface area contributed by atoms with E-state index in [1.54, 1.807) is 57.2 Å². The summed E-state index contributed by atoms with van der Waals surface area (Å²) in [6.45, 7) is 5.36. The van der Waals surface area contributed by atoms with Crippen LogP contribution < -0.4 is 10.0 Å². The number of sulfonamides is 1. The molecule has 3 N–H and O–H groups in total. The first-order chi connectivity index (χ1) is 13.0. The quantitative estimate of drug-likeness (QED) is 0.654. The minimum atomic E-state index is -3.81. The first-order valence-corrected chi connectivity index (χ1v) is 10.2. The van der Waals surface area contributed by atoms with Crippen LogP contribution in [0.2, 0.25) is 0 Å². The number of carboxylic acid groups (broad SMARTS) is 1. The molecule has 0 radical (unpaired) electrons. The fourth-order valence-electron chi connectivity index (χ4n) is 2.28. The highest BCUT2D eigenvalue weighted by Crippen LogP contribution is 2.22. The van der Waals surface area contributed by atoms with Gasteiger partial charge in [-0.2, -0.15) is 0 Å². The van der Waals surface area contributed by atoms with E-state index < -0.39 is 21.4 Å². The number of anilines is 2. The Kier molecular flexibility index (Phi) is 6.45. The molecule has 2 rings (SSSR count). The minimum Gasteiger partial charge on any atom is -0.481 e. The van der Waals surface area contributed by atoms with Crippen LogP contribution in [0.25, 0.3) is 0 Å². The van der Waals surface area contributed by atoms with Crippen molar-refractivity contribution in [1.29, 1.82) is 0 Å². The van der Waals surface area contributed by atoms with Crippen LogP contribution in [0, 0.1) is 5.41 Å². The highest BCUT2D eigenvalue weighted by atomic mass is 32.2. The van der Waals surface area contributed by atoms with Gasteiger partial charge in [0.2, 0.25) is 5.91 Å². The van der Waals surface area contributed by atoms with E-state index in [9.17, 15) is 18.0 Å². The van der Waals surface area contributed by atoms with Gasteiger partial charge in [0.1, 0.15) is 0 Å². The number of carbonyl (C=O) groups excluding carboxylic acids is 1. The average molecular weight is 404 g/mol. The van der Waals surface area contributed by atoms with Crippen molar-refractivity contribution >= 4 is 33.3 Å². The maximum absolute atomic E-state index is 12.6. The molecular weight excluding hydrogens is 380 g/mol. The van der Waals surface area contributed by atoms with Crippen LogP contribution in [0.4, 0.5) is 11.4 Å². The number of hydrogen-bond donors (Lipinski definition) is 3. The van der Waals surface area contributed by atoms with Gasteiger partial charge in [0.15, 0.2) is 0 Å². The van der Waals surface area contributed by atoms with Gasteiger partial charge in [-0.05, 0) is 42.3 Å². The number of aliphatic carboxylic acids is 1. The number of carbonyl (C=O) groups is 2. The van der Waals surface area contributed by atoms with Gasteiger partial charge in [-0.3, -0.25) is 14.3 Å². The zero-order valence-corrected chi connectivity index (χ0v) is 16.8. The van der Waals surface area contributed by atoms with E-state index in [0.29, 0.717) is 17.8 Å². The number of aryl methyl sites for hydroxylation is 1. The van der Waals surface area contributed by atoms with E-state index in [0.717, 1.165) is 5.56 Å². The second-order valence-corrected chi connectivity index (χ2v) is 9.11. The summed E-state index contributed by atoms with van der Waals surface area (Å²) in [4.78, 5) is 22.8. The maximum atomic E-state index is 12.6. The Bertz CT molecular complexity index is 961. The number of benzene rings is 2. The Balaban J connectivity index is 2.12. The summed E-state index contributed by atoms with van der Waals surface area (Å²) in [6, 6.07) is 12.5. The third kappa shape index (κ3) is 6.09. The molecule has 0 spiro atoms. The molecule has 0 bridgehead atoms. The fourth-order valence-corrected chi connectivity index (χ4v) is 3.33. The summed E-state index contributed by atoms with van der Waals surface area (Å²) in [5.41, 5.74) is 0.983. The second-order valence-electron chi connectivity index (χ2n) is 7.43. The van der Waals surface area contributed by atoms with Crippen LogP contribution in [0.15, 0.2) is 53.4 Å². The van der Waals surface area contributed by atoms with Crippen LogP contribution >= 0.6 is 0 Å². The maximum Gasteiger partial charge on any atom is 0.303 e. The Morgan fingerprint density at radius 3 is 2.18 bits per heavy atom. The van der Waals surface area contributed by atoms with E-state index in [1.807, 2.05) is 0 Å². The molecule has 0 unspecified atom stereocenters. The van der Waals surface area contributed by atoms with E-state index in [1.165, 1.54) is 12.1 Å². The van der Waals surface area contributed by atoms with Crippen LogP contribution in [0.5, 0.6) is 0 Å². The molecule has 0 aliphatic heterocycles. The lowest BCUT2D eigenvalue weighted by Gasteiger charge is -2.18. The molecule has 0 atom stereocenters. The summed E-state index contributed by atoms with van der Waals surface area (Å²) in [5.74, 6) is -1.08. The molecule has 0 heterocycles. The molecule has 150 valence electrons. The summed E-state index contributed by atoms with van der Waals surface area (Å²) >= 11 is 0. The molecule has 8 heteroatoms. The summed E-state index contributed by atoms with van der Waals surface area (Å²) < 4.78 is 27.6. The van der Waals surface area contributed by atoms with Crippen LogP contribution in [-0.2, 0) is 26.0 Å². The molecular formula is C20H24N2O5S. The van der Waals surface area contributed by atoms with Crippen molar-refractivity contribution in [2.24, 2.45) is 5.41 Å². The lowest BCUT2D eigenvalue weighted by atomic mass is 9.95. The SMILES string of the molecule is CC(C)(C)C(=O)Nc1cccc(NS(=O)(=O)c2ccc(CCC(=O)O)cc2)c1. The molecule has 0 fully saturated rings. The van der Waals surface area contributed by atoms with Gasteiger partial charge in [-0.25, -0.2) is 8.42 Å². The summed E-state index contributed by atoms with van der Waals surface area (Å²) in [7, 11) is -3.81. The Morgan fingerprint density at radius 2 is 1.61 bits per heavy atom.